The molecular weight excluding hydrogens is 358 g/mol. The predicted molar refractivity (Wildman–Crippen MR) is 105 cm³/mol. The Morgan fingerprint density at radius 3 is 2.79 bits per heavy atom. The molecule has 1 fully saturated rings. The Balaban J connectivity index is 1.55. The minimum absolute atomic E-state index is 0.109. The van der Waals surface area contributed by atoms with Gasteiger partial charge in [0.2, 0.25) is 0 Å². The number of nitro groups is 1. The van der Waals surface area contributed by atoms with Gasteiger partial charge in [0.05, 0.1) is 29.0 Å². The third kappa shape index (κ3) is 3.59. The second-order valence-electron chi connectivity index (χ2n) is 7.19. The maximum Gasteiger partial charge on any atom is 0.270 e. The molecule has 0 aliphatic carbocycles. The van der Waals surface area contributed by atoms with Crippen molar-refractivity contribution in [3.05, 3.63) is 64.0 Å². The number of non-ortho nitro benzene ring substituents is 1. The molecule has 4 rings (SSSR count). The molecule has 28 heavy (non-hydrogen) atoms. The maximum atomic E-state index is 12.5. The van der Waals surface area contributed by atoms with E-state index in [1.165, 1.54) is 44.1 Å². The summed E-state index contributed by atoms with van der Waals surface area (Å²) in [6.07, 6.45) is 2.54. The number of benzene rings is 2. The first-order chi connectivity index (χ1) is 13.5. The van der Waals surface area contributed by atoms with Gasteiger partial charge in [-0.05, 0) is 24.3 Å². The molecule has 8 nitrogen and oxygen atoms in total. The summed E-state index contributed by atoms with van der Waals surface area (Å²) in [6.45, 7) is 3.28. The molecule has 1 aliphatic heterocycles. The van der Waals surface area contributed by atoms with Crippen LogP contribution in [0.5, 0.6) is 0 Å². The fourth-order valence-corrected chi connectivity index (χ4v) is 3.72. The van der Waals surface area contributed by atoms with Crippen LogP contribution in [0.15, 0.2) is 42.5 Å². The Labute approximate surface area is 161 Å². The number of nitrogens with zero attached hydrogens (tertiary/aromatic N) is 3. The van der Waals surface area contributed by atoms with E-state index >= 15 is 0 Å². The van der Waals surface area contributed by atoms with Crippen molar-refractivity contribution in [2.45, 2.75) is 19.4 Å². The topological polar surface area (TPSA) is 94.5 Å². The van der Waals surface area contributed by atoms with Gasteiger partial charge in [-0.1, -0.05) is 6.07 Å². The van der Waals surface area contributed by atoms with Crippen molar-refractivity contribution in [1.29, 1.82) is 0 Å². The van der Waals surface area contributed by atoms with Crippen molar-refractivity contribution in [2.75, 3.05) is 18.4 Å². The number of fused-ring (bicyclic) bond motifs is 1. The van der Waals surface area contributed by atoms with E-state index in [0.717, 1.165) is 23.4 Å². The number of aromatic nitrogens is 2. The van der Waals surface area contributed by atoms with Crippen LogP contribution in [0, 0.1) is 10.1 Å². The van der Waals surface area contributed by atoms with Gasteiger partial charge in [-0.25, -0.2) is 4.98 Å². The molecule has 2 N–H and O–H groups in total. The molecule has 1 aliphatic rings. The van der Waals surface area contributed by atoms with Crippen LogP contribution in [0.4, 0.5) is 11.4 Å². The van der Waals surface area contributed by atoms with Gasteiger partial charge >= 0.3 is 0 Å². The number of amides is 1. The van der Waals surface area contributed by atoms with E-state index in [-0.39, 0.29) is 17.2 Å². The molecule has 8 heteroatoms. The molecule has 144 valence electrons. The molecule has 1 aromatic heterocycles. The lowest BCUT2D eigenvalue weighted by atomic mass is 10.2. The minimum Gasteiger partial charge on any atom is -0.329 e. The number of carbonyl (C=O) groups is 1. The maximum absolute atomic E-state index is 12.5. The van der Waals surface area contributed by atoms with Gasteiger partial charge in [0.25, 0.3) is 11.6 Å². The average Bonchev–Trinajstić information content (AvgIpc) is 3.30. The predicted octanol–water partition coefficient (Wildman–Crippen LogP) is 1.91. The highest BCUT2D eigenvalue weighted by Crippen LogP contribution is 2.21. The number of aryl methyl sites for hydroxylation is 1. The highest BCUT2D eigenvalue weighted by molar-refractivity contribution is 6.05. The molecule has 0 spiro atoms. The molecular formula is C20H22N5O3+. The molecule has 1 saturated heterocycles. The summed E-state index contributed by atoms with van der Waals surface area (Å²) in [4.78, 5) is 29.2. The monoisotopic (exact) mass is 380 g/mol. The van der Waals surface area contributed by atoms with Crippen LogP contribution in [0.25, 0.3) is 11.0 Å². The molecule has 2 aromatic carbocycles. The summed E-state index contributed by atoms with van der Waals surface area (Å²) in [5.41, 5.74) is 2.59. The number of nitro benzene ring substituents is 1. The van der Waals surface area contributed by atoms with E-state index in [2.05, 4.69) is 9.88 Å². The molecule has 0 bridgehead atoms. The first-order valence-electron chi connectivity index (χ1n) is 9.36. The summed E-state index contributed by atoms with van der Waals surface area (Å²) in [7, 11) is 2.02. The largest absolute Gasteiger partial charge is 0.329 e. The smallest absolute Gasteiger partial charge is 0.270 e. The third-order valence-corrected chi connectivity index (χ3v) is 5.27. The number of likely N-dealkylation sites (tertiary alicyclic amines) is 1. The van der Waals surface area contributed by atoms with Crippen molar-refractivity contribution >= 4 is 28.3 Å². The molecule has 1 amide bonds. The van der Waals surface area contributed by atoms with E-state index in [1.54, 1.807) is 11.0 Å². The summed E-state index contributed by atoms with van der Waals surface area (Å²) < 4.78 is 2.10. The van der Waals surface area contributed by atoms with Crippen LogP contribution in [0.2, 0.25) is 0 Å². The summed E-state index contributed by atoms with van der Waals surface area (Å²) in [6, 6.07) is 11.3. The molecule has 2 heterocycles. The highest BCUT2D eigenvalue weighted by Gasteiger charge is 2.19. The number of carbonyl (C=O) groups excluding carboxylic acids is 1. The fraction of sp³-hybridized carbons (Fsp3) is 0.300. The number of rotatable bonds is 5. The van der Waals surface area contributed by atoms with E-state index in [1.807, 2.05) is 25.2 Å². The third-order valence-electron chi connectivity index (χ3n) is 5.27. The molecule has 0 unspecified atom stereocenters. The van der Waals surface area contributed by atoms with Crippen LogP contribution in [-0.4, -0.2) is 33.5 Å². The number of anilines is 1. The highest BCUT2D eigenvalue weighted by atomic mass is 16.6. The normalized spacial score (nSPS) is 14.5. The average molecular weight is 380 g/mol. The number of nitrogens with one attached hydrogen (secondary N) is 2. The Morgan fingerprint density at radius 2 is 2.04 bits per heavy atom. The van der Waals surface area contributed by atoms with E-state index < -0.39 is 4.92 Å². The summed E-state index contributed by atoms with van der Waals surface area (Å²) >= 11 is 0. The van der Waals surface area contributed by atoms with Crippen LogP contribution in [0.1, 0.15) is 29.0 Å². The van der Waals surface area contributed by atoms with E-state index in [9.17, 15) is 14.9 Å². The van der Waals surface area contributed by atoms with E-state index in [0.29, 0.717) is 5.69 Å². The minimum atomic E-state index is -0.513. The summed E-state index contributed by atoms with van der Waals surface area (Å²) in [5, 5.41) is 13.7. The number of quaternary nitrogens is 1. The lowest BCUT2D eigenvalue weighted by Crippen LogP contribution is -3.08. The van der Waals surface area contributed by atoms with Crippen LogP contribution < -0.4 is 10.2 Å². The number of hydrogen-bond acceptors (Lipinski definition) is 4. The number of imidazole rings is 1. The Bertz CT molecular complexity index is 1050. The van der Waals surface area contributed by atoms with Gasteiger partial charge < -0.3 is 14.8 Å². The van der Waals surface area contributed by atoms with Crippen LogP contribution >= 0.6 is 0 Å². The number of hydrogen-bond donors (Lipinski definition) is 2. The molecule has 0 atom stereocenters. The SMILES string of the molecule is Cn1c(C[NH+]2CCCC2)nc2cc(NC(=O)c3cccc([N+](=O)[O-])c3)ccc21. The second-order valence-corrected chi connectivity index (χ2v) is 7.19. The van der Waals surface area contributed by atoms with Gasteiger partial charge in [0, 0.05) is 43.3 Å². The zero-order chi connectivity index (χ0) is 19.7. The molecule has 0 radical (unpaired) electrons. The van der Waals surface area contributed by atoms with Crippen molar-refractivity contribution in [1.82, 2.24) is 9.55 Å². The summed E-state index contributed by atoms with van der Waals surface area (Å²) in [5.74, 6) is 0.648. The quantitative estimate of drug-likeness (QED) is 0.522. The van der Waals surface area contributed by atoms with Gasteiger partial charge in [-0.2, -0.15) is 0 Å². The Hall–Kier alpha value is -3.26. The van der Waals surface area contributed by atoms with Crippen LogP contribution in [-0.2, 0) is 13.6 Å². The van der Waals surface area contributed by atoms with Gasteiger partial charge in [0.1, 0.15) is 6.54 Å². The lowest BCUT2D eigenvalue weighted by Gasteiger charge is -2.11. The standard InChI is InChI=1S/C20H21N5O3/c1-23-18-8-7-15(12-17(18)22-19(23)13-24-9-2-3-10-24)21-20(26)14-5-4-6-16(11-14)25(27)28/h4-8,11-12H,2-3,9-10,13H2,1H3,(H,21,26)/p+1. The zero-order valence-electron chi connectivity index (χ0n) is 15.6. The first kappa shape index (κ1) is 18.1. The Morgan fingerprint density at radius 1 is 1.25 bits per heavy atom. The Kier molecular flexibility index (Phi) is 4.79. The lowest BCUT2D eigenvalue weighted by molar-refractivity contribution is -0.902. The van der Waals surface area contributed by atoms with Crippen molar-refractivity contribution < 1.29 is 14.6 Å². The second kappa shape index (κ2) is 7.40. The van der Waals surface area contributed by atoms with Gasteiger partial charge in [0.15, 0.2) is 5.82 Å². The van der Waals surface area contributed by atoms with Crippen LogP contribution in [0.3, 0.4) is 0 Å². The van der Waals surface area contributed by atoms with Crippen molar-refractivity contribution in [2.24, 2.45) is 7.05 Å². The molecule has 3 aromatic rings. The van der Waals surface area contributed by atoms with Gasteiger partial charge in [-0.15, -0.1) is 0 Å². The van der Waals surface area contributed by atoms with E-state index in [4.69, 9.17) is 4.98 Å². The first-order valence-corrected chi connectivity index (χ1v) is 9.36. The van der Waals surface area contributed by atoms with Crippen molar-refractivity contribution in [3.8, 4) is 0 Å². The fourth-order valence-electron chi connectivity index (χ4n) is 3.72. The van der Waals surface area contributed by atoms with Crippen molar-refractivity contribution in [3.63, 3.8) is 0 Å². The van der Waals surface area contributed by atoms with Gasteiger partial charge in [-0.3, -0.25) is 14.9 Å². The molecule has 0 saturated carbocycles. The zero-order valence-corrected chi connectivity index (χ0v) is 15.6.